The van der Waals surface area contributed by atoms with Gasteiger partial charge in [0.15, 0.2) is 4.96 Å². The molecule has 5 nitrogen and oxygen atoms in total. The van der Waals surface area contributed by atoms with Crippen molar-refractivity contribution in [3.05, 3.63) is 67.1 Å². The summed E-state index contributed by atoms with van der Waals surface area (Å²) in [5.74, 6) is 0. The Kier molecular flexibility index (Phi) is 4.20. The normalized spacial score (nSPS) is 11.6. The number of halogens is 1. The first-order valence-corrected chi connectivity index (χ1v) is 9.41. The maximum atomic E-state index is 12.8. The van der Waals surface area contributed by atoms with Gasteiger partial charge in [-0.15, -0.1) is 22.7 Å². The molecule has 0 amide bonds. The molecule has 0 unspecified atom stereocenters. The maximum Gasteiger partial charge on any atom is 0.278 e. The van der Waals surface area contributed by atoms with E-state index in [1.807, 2.05) is 30.5 Å². The van der Waals surface area contributed by atoms with Crippen LogP contribution in [0.3, 0.4) is 0 Å². The van der Waals surface area contributed by atoms with Crippen molar-refractivity contribution in [1.82, 2.24) is 19.4 Å². The minimum absolute atomic E-state index is 0.0959. The number of thiazole rings is 2. The van der Waals surface area contributed by atoms with Crippen LogP contribution in [0, 0.1) is 6.92 Å². The number of hydrogen-bond acceptors (Lipinski definition) is 6. The Labute approximate surface area is 155 Å². The van der Waals surface area contributed by atoms with Crippen molar-refractivity contribution >= 4 is 51.4 Å². The molecule has 0 atom stereocenters. The summed E-state index contributed by atoms with van der Waals surface area (Å²) in [6, 6.07) is 3.72. The van der Waals surface area contributed by atoms with Crippen LogP contribution in [0.25, 0.3) is 28.4 Å². The molecule has 4 aromatic heterocycles. The maximum absolute atomic E-state index is 12.8. The number of hydrogen-bond donors (Lipinski definition) is 0. The van der Waals surface area contributed by atoms with Crippen LogP contribution in [0.4, 0.5) is 0 Å². The highest BCUT2D eigenvalue weighted by atomic mass is 35.5. The van der Waals surface area contributed by atoms with Gasteiger partial charge in [0.2, 0.25) is 0 Å². The summed E-state index contributed by atoms with van der Waals surface area (Å²) >= 11 is 9.25. The van der Waals surface area contributed by atoms with Gasteiger partial charge >= 0.3 is 0 Å². The van der Waals surface area contributed by atoms with E-state index in [0.717, 1.165) is 21.1 Å². The van der Waals surface area contributed by atoms with Crippen LogP contribution < -0.4 is 5.56 Å². The zero-order chi connectivity index (χ0) is 17.4. The van der Waals surface area contributed by atoms with Crippen LogP contribution in [-0.2, 0) is 0 Å². The van der Waals surface area contributed by atoms with E-state index in [0.29, 0.717) is 10.7 Å². The lowest BCUT2D eigenvalue weighted by atomic mass is 10.2. The molecule has 0 aliphatic heterocycles. The highest BCUT2D eigenvalue weighted by molar-refractivity contribution is 7.15. The number of pyridine rings is 1. The van der Waals surface area contributed by atoms with Gasteiger partial charge in [-0.3, -0.25) is 9.78 Å². The lowest BCUT2D eigenvalue weighted by Gasteiger charge is -2.03. The van der Waals surface area contributed by atoms with Gasteiger partial charge in [-0.2, -0.15) is 0 Å². The second-order valence-electron chi connectivity index (χ2n) is 5.21. The number of aromatic nitrogens is 4. The van der Waals surface area contributed by atoms with E-state index in [1.165, 1.54) is 15.7 Å². The third-order valence-electron chi connectivity index (χ3n) is 3.54. The molecule has 124 valence electrons. The molecule has 0 N–H and O–H groups in total. The highest BCUT2D eigenvalue weighted by Crippen LogP contribution is 2.25. The van der Waals surface area contributed by atoms with Crippen molar-refractivity contribution in [3.63, 3.8) is 0 Å². The molecule has 0 fully saturated rings. The zero-order valence-electron chi connectivity index (χ0n) is 13.0. The number of fused-ring (bicyclic) bond motifs is 1. The largest absolute Gasteiger partial charge is 0.278 e. The predicted molar refractivity (Wildman–Crippen MR) is 103 cm³/mol. The molecule has 0 saturated heterocycles. The fourth-order valence-electron chi connectivity index (χ4n) is 2.39. The fraction of sp³-hybridized carbons (Fsp3) is 0.0588. The van der Waals surface area contributed by atoms with Gasteiger partial charge in [-0.25, -0.2) is 14.4 Å². The quantitative estimate of drug-likeness (QED) is 0.523. The molecule has 0 spiro atoms. The van der Waals surface area contributed by atoms with Crippen molar-refractivity contribution in [2.45, 2.75) is 6.92 Å². The van der Waals surface area contributed by atoms with Crippen LogP contribution >= 0.6 is 34.3 Å². The predicted octanol–water partition coefficient (Wildman–Crippen LogP) is 4.41. The van der Waals surface area contributed by atoms with Crippen molar-refractivity contribution in [1.29, 1.82) is 0 Å². The molecule has 0 aliphatic rings. The van der Waals surface area contributed by atoms with Gasteiger partial charge in [-0.1, -0.05) is 11.6 Å². The number of aryl methyl sites for hydroxylation is 1. The van der Waals surface area contributed by atoms with Gasteiger partial charge < -0.3 is 0 Å². The molecule has 0 saturated carbocycles. The van der Waals surface area contributed by atoms with Gasteiger partial charge in [0.25, 0.3) is 5.56 Å². The second kappa shape index (κ2) is 6.51. The van der Waals surface area contributed by atoms with E-state index in [2.05, 4.69) is 15.0 Å². The van der Waals surface area contributed by atoms with Crippen LogP contribution in [0.1, 0.15) is 15.6 Å². The minimum atomic E-state index is -0.285. The molecule has 0 aromatic carbocycles. The van der Waals surface area contributed by atoms with E-state index >= 15 is 0 Å². The Morgan fingerprint density at radius 3 is 2.88 bits per heavy atom. The standard InChI is InChI=1S/C17H11ClN4OS2/c1-10-20-8-12(25-10)4-5-13-15(18)16(23)22-14(9-24-17(22)21-13)11-3-2-6-19-7-11/h2-9H,1H3/b5-4+. The topological polar surface area (TPSA) is 60.1 Å². The van der Waals surface area contributed by atoms with Crippen LogP contribution in [0.5, 0.6) is 0 Å². The molecule has 8 heteroatoms. The number of rotatable bonds is 3. The Morgan fingerprint density at radius 2 is 2.16 bits per heavy atom. The molecule has 0 aliphatic carbocycles. The summed E-state index contributed by atoms with van der Waals surface area (Å²) in [5.41, 5.74) is 1.75. The molecule has 4 aromatic rings. The van der Waals surface area contributed by atoms with Crippen molar-refractivity contribution in [2.24, 2.45) is 0 Å². The first kappa shape index (κ1) is 16.1. The van der Waals surface area contributed by atoms with Crippen LogP contribution in [0.15, 0.2) is 40.9 Å². The monoisotopic (exact) mass is 386 g/mol. The first-order valence-electron chi connectivity index (χ1n) is 7.34. The minimum Gasteiger partial charge on any atom is -0.267 e. The molecule has 4 heterocycles. The molecule has 0 radical (unpaired) electrons. The smallest absolute Gasteiger partial charge is 0.267 e. The SMILES string of the molecule is Cc1ncc(/C=C/c2nc3scc(-c4cccnc4)n3c(=O)c2Cl)s1. The summed E-state index contributed by atoms with van der Waals surface area (Å²) in [6.07, 6.45) is 8.80. The lowest BCUT2D eigenvalue weighted by Crippen LogP contribution is -2.16. The third kappa shape index (κ3) is 3.02. The Bertz CT molecular complexity index is 1140. The van der Waals surface area contributed by atoms with E-state index in [1.54, 1.807) is 36.0 Å². The Balaban J connectivity index is 1.83. The fourth-order valence-corrected chi connectivity index (χ4v) is 4.16. The van der Waals surface area contributed by atoms with E-state index in [9.17, 15) is 4.79 Å². The number of nitrogens with zero attached hydrogens (tertiary/aromatic N) is 4. The molecule has 4 rings (SSSR count). The van der Waals surface area contributed by atoms with Gasteiger partial charge in [0, 0.05) is 34.4 Å². The summed E-state index contributed by atoms with van der Waals surface area (Å²) < 4.78 is 1.53. The van der Waals surface area contributed by atoms with E-state index in [-0.39, 0.29) is 10.6 Å². The van der Waals surface area contributed by atoms with Crippen LogP contribution in [0.2, 0.25) is 5.02 Å². The Hall–Kier alpha value is -2.35. The molecule has 0 bridgehead atoms. The molecular formula is C17H11ClN4OS2. The van der Waals surface area contributed by atoms with Crippen molar-refractivity contribution < 1.29 is 0 Å². The van der Waals surface area contributed by atoms with Crippen molar-refractivity contribution in [3.8, 4) is 11.3 Å². The zero-order valence-corrected chi connectivity index (χ0v) is 15.4. The average Bonchev–Trinajstić information content (AvgIpc) is 3.24. The summed E-state index contributed by atoms with van der Waals surface area (Å²) in [4.78, 5) is 27.2. The average molecular weight is 387 g/mol. The Morgan fingerprint density at radius 1 is 1.28 bits per heavy atom. The van der Waals surface area contributed by atoms with E-state index < -0.39 is 0 Å². The molecule has 25 heavy (non-hydrogen) atoms. The first-order chi connectivity index (χ1) is 12.1. The molecular weight excluding hydrogens is 376 g/mol. The van der Waals surface area contributed by atoms with Gasteiger partial charge in [0.05, 0.1) is 16.4 Å². The van der Waals surface area contributed by atoms with Gasteiger partial charge in [-0.05, 0) is 31.2 Å². The van der Waals surface area contributed by atoms with E-state index in [4.69, 9.17) is 11.6 Å². The van der Waals surface area contributed by atoms with Crippen LogP contribution in [-0.4, -0.2) is 19.4 Å². The summed E-state index contributed by atoms with van der Waals surface area (Å²) in [7, 11) is 0. The summed E-state index contributed by atoms with van der Waals surface area (Å²) in [5, 5.41) is 2.96. The van der Waals surface area contributed by atoms with Crippen molar-refractivity contribution in [2.75, 3.05) is 0 Å². The lowest BCUT2D eigenvalue weighted by molar-refractivity contribution is 1.07. The van der Waals surface area contributed by atoms with Gasteiger partial charge in [0.1, 0.15) is 5.02 Å². The summed E-state index contributed by atoms with van der Waals surface area (Å²) in [6.45, 7) is 1.94. The highest BCUT2D eigenvalue weighted by Gasteiger charge is 2.14. The second-order valence-corrected chi connectivity index (χ2v) is 7.69. The third-order valence-corrected chi connectivity index (χ3v) is 5.60.